The van der Waals surface area contributed by atoms with Crippen LogP contribution in [0.4, 0.5) is 0 Å². The summed E-state index contributed by atoms with van der Waals surface area (Å²) in [6.45, 7) is 0. The molecule has 0 N–H and O–H groups in total. The highest BCUT2D eigenvalue weighted by molar-refractivity contribution is 6.30. The molecule has 1 aliphatic carbocycles. The van der Waals surface area contributed by atoms with Crippen LogP contribution >= 0.6 is 11.6 Å². The molecule has 0 saturated heterocycles. The molecule has 0 heterocycles. The molecule has 0 spiro atoms. The van der Waals surface area contributed by atoms with Crippen molar-refractivity contribution in [2.24, 2.45) is 0 Å². The molecule has 1 aromatic carbocycles. The molecule has 2 rings (SSSR count). The zero-order valence-corrected chi connectivity index (χ0v) is 13.8. The van der Waals surface area contributed by atoms with Crippen molar-refractivity contribution in [1.82, 2.24) is 4.90 Å². The fourth-order valence-electron chi connectivity index (χ4n) is 2.59. The molecular formula is C17H21ClN2O2. The molecule has 0 radical (unpaired) electrons. The fourth-order valence-corrected chi connectivity index (χ4v) is 2.72. The Morgan fingerprint density at radius 1 is 1.32 bits per heavy atom. The molecule has 1 unspecified atom stereocenters. The van der Waals surface area contributed by atoms with E-state index in [0.717, 1.165) is 31.2 Å². The monoisotopic (exact) mass is 320 g/mol. The van der Waals surface area contributed by atoms with Gasteiger partial charge in [-0.3, -0.25) is 9.59 Å². The summed E-state index contributed by atoms with van der Waals surface area (Å²) in [5.41, 5.74) is 0.352. The summed E-state index contributed by atoms with van der Waals surface area (Å²) in [5.74, 6) is 0.202. The molecule has 1 amide bonds. The minimum atomic E-state index is -0.586. The van der Waals surface area contributed by atoms with Gasteiger partial charge in [0.25, 0.3) is 0 Å². The number of hydrogen-bond donors (Lipinski definition) is 0. The number of benzene rings is 1. The van der Waals surface area contributed by atoms with Gasteiger partial charge in [-0.2, -0.15) is 5.26 Å². The number of Topliss-reactive ketones (excluding diaryl/α,β-unsaturated/α-hetero) is 1. The number of rotatable bonds is 3. The summed E-state index contributed by atoms with van der Waals surface area (Å²) in [6.07, 6.45) is 4.34. The van der Waals surface area contributed by atoms with Gasteiger partial charge in [0.15, 0.2) is 0 Å². The SMILES string of the molecule is CN(C)C=O.N#CCC1(c2ccc(Cl)cc2)CCCCC1=O. The van der Waals surface area contributed by atoms with Crippen molar-refractivity contribution in [3.05, 3.63) is 34.9 Å². The van der Waals surface area contributed by atoms with Gasteiger partial charge in [-0.15, -0.1) is 0 Å². The molecule has 0 bridgehead atoms. The average Bonchev–Trinajstić information content (AvgIpc) is 2.51. The first-order valence-corrected chi connectivity index (χ1v) is 7.62. The van der Waals surface area contributed by atoms with Crippen LogP contribution in [0.1, 0.15) is 37.7 Å². The number of ketones is 1. The topological polar surface area (TPSA) is 61.2 Å². The van der Waals surface area contributed by atoms with Gasteiger partial charge < -0.3 is 4.90 Å². The Morgan fingerprint density at radius 2 is 1.91 bits per heavy atom. The predicted molar refractivity (Wildman–Crippen MR) is 86.6 cm³/mol. The van der Waals surface area contributed by atoms with Crippen LogP contribution in [-0.2, 0) is 15.0 Å². The first kappa shape index (κ1) is 18.2. The van der Waals surface area contributed by atoms with Gasteiger partial charge in [-0.1, -0.05) is 30.2 Å². The number of hydrogen-bond acceptors (Lipinski definition) is 3. The lowest BCUT2D eigenvalue weighted by atomic mass is 9.67. The van der Waals surface area contributed by atoms with Crippen LogP contribution in [0.3, 0.4) is 0 Å². The summed E-state index contributed by atoms with van der Waals surface area (Å²) >= 11 is 5.86. The second kappa shape index (κ2) is 8.55. The van der Waals surface area contributed by atoms with Crippen LogP contribution in [0.2, 0.25) is 5.02 Å². The molecule has 1 aromatic rings. The van der Waals surface area contributed by atoms with Gasteiger partial charge in [0.1, 0.15) is 5.78 Å². The Kier molecular flexibility index (Phi) is 7.07. The number of carbonyl (C=O) groups excluding carboxylic acids is 2. The third-order valence-corrected chi connectivity index (χ3v) is 4.03. The normalized spacial score (nSPS) is 20.4. The first-order valence-electron chi connectivity index (χ1n) is 7.24. The van der Waals surface area contributed by atoms with Crippen molar-refractivity contribution >= 4 is 23.8 Å². The van der Waals surface area contributed by atoms with E-state index in [-0.39, 0.29) is 12.2 Å². The molecule has 1 atom stereocenters. The molecule has 1 aliphatic rings. The summed E-state index contributed by atoms with van der Waals surface area (Å²) < 4.78 is 0. The highest BCUT2D eigenvalue weighted by atomic mass is 35.5. The van der Waals surface area contributed by atoms with Gasteiger partial charge in [0, 0.05) is 25.5 Å². The third kappa shape index (κ3) is 4.57. The van der Waals surface area contributed by atoms with Crippen LogP contribution in [0.25, 0.3) is 0 Å². The number of carbonyl (C=O) groups is 2. The largest absolute Gasteiger partial charge is 0.351 e. The summed E-state index contributed by atoms with van der Waals surface area (Å²) in [6, 6.07) is 9.50. The van der Waals surface area contributed by atoms with E-state index in [1.807, 2.05) is 12.1 Å². The quantitative estimate of drug-likeness (QED) is 0.802. The van der Waals surface area contributed by atoms with Crippen molar-refractivity contribution in [2.75, 3.05) is 14.1 Å². The Bertz CT molecular complexity index is 549. The molecule has 1 saturated carbocycles. The van der Waals surface area contributed by atoms with Crippen molar-refractivity contribution in [3.63, 3.8) is 0 Å². The number of nitriles is 1. The van der Waals surface area contributed by atoms with Gasteiger partial charge in [-0.25, -0.2) is 0 Å². The number of nitrogens with zero attached hydrogens (tertiary/aromatic N) is 2. The van der Waals surface area contributed by atoms with Crippen molar-refractivity contribution in [3.8, 4) is 6.07 Å². The van der Waals surface area contributed by atoms with E-state index >= 15 is 0 Å². The minimum absolute atomic E-state index is 0.202. The Labute approximate surface area is 136 Å². The van der Waals surface area contributed by atoms with Crippen LogP contribution in [-0.4, -0.2) is 31.2 Å². The molecule has 22 heavy (non-hydrogen) atoms. The van der Waals surface area contributed by atoms with Gasteiger partial charge in [0.2, 0.25) is 6.41 Å². The zero-order valence-electron chi connectivity index (χ0n) is 13.0. The van der Waals surface area contributed by atoms with E-state index in [1.165, 1.54) is 4.90 Å². The summed E-state index contributed by atoms with van der Waals surface area (Å²) in [5, 5.41) is 9.65. The van der Waals surface area contributed by atoms with E-state index in [1.54, 1.807) is 26.2 Å². The molecular weight excluding hydrogens is 300 g/mol. The lowest BCUT2D eigenvalue weighted by molar-refractivity contribution is -0.126. The van der Waals surface area contributed by atoms with E-state index in [2.05, 4.69) is 6.07 Å². The van der Waals surface area contributed by atoms with E-state index in [0.29, 0.717) is 11.4 Å². The maximum atomic E-state index is 12.2. The summed E-state index contributed by atoms with van der Waals surface area (Å²) in [7, 11) is 3.38. The maximum absolute atomic E-state index is 12.2. The van der Waals surface area contributed by atoms with Crippen molar-refractivity contribution < 1.29 is 9.59 Å². The fraction of sp³-hybridized carbons (Fsp3) is 0.471. The van der Waals surface area contributed by atoms with Crippen molar-refractivity contribution in [2.45, 2.75) is 37.5 Å². The van der Waals surface area contributed by atoms with Crippen molar-refractivity contribution in [1.29, 1.82) is 5.26 Å². The molecule has 5 heteroatoms. The second-order valence-corrected chi connectivity index (χ2v) is 6.06. The Balaban J connectivity index is 0.000000422. The zero-order chi connectivity index (χ0) is 16.6. The third-order valence-electron chi connectivity index (χ3n) is 3.78. The van der Waals surface area contributed by atoms with Crippen LogP contribution < -0.4 is 0 Å². The highest BCUT2D eigenvalue weighted by Gasteiger charge is 2.41. The predicted octanol–water partition coefficient (Wildman–Crippen LogP) is 3.34. The molecule has 0 aromatic heterocycles. The van der Waals surface area contributed by atoms with Crippen LogP contribution in [0.15, 0.2) is 24.3 Å². The number of halogens is 1. The van der Waals surface area contributed by atoms with Crippen LogP contribution in [0, 0.1) is 11.3 Å². The Morgan fingerprint density at radius 3 is 2.36 bits per heavy atom. The minimum Gasteiger partial charge on any atom is -0.351 e. The maximum Gasteiger partial charge on any atom is 0.209 e. The van der Waals surface area contributed by atoms with Crippen LogP contribution in [0.5, 0.6) is 0 Å². The van der Waals surface area contributed by atoms with E-state index in [4.69, 9.17) is 16.9 Å². The first-order chi connectivity index (χ1) is 10.5. The molecule has 4 nitrogen and oxygen atoms in total. The average molecular weight is 321 g/mol. The lowest BCUT2D eigenvalue weighted by Crippen LogP contribution is -2.38. The standard InChI is InChI=1S/C14H14ClNO.C3H7NO/c15-12-6-4-11(5-7-12)14(9-10-16)8-2-1-3-13(14)17;1-4(2)3-5/h4-7H,1-3,8-9H2;3H,1-2H3. The smallest absolute Gasteiger partial charge is 0.209 e. The molecule has 1 fully saturated rings. The van der Waals surface area contributed by atoms with Gasteiger partial charge in [0.05, 0.1) is 17.9 Å². The van der Waals surface area contributed by atoms with Gasteiger partial charge in [-0.05, 0) is 30.5 Å². The molecule has 0 aliphatic heterocycles. The second-order valence-electron chi connectivity index (χ2n) is 5.62. The van der Waals surface area contributed by atoms with E-state index in [9.17, 15) is 9.59 Å². The van der Waals surface area contributed by atoms with Gasteiger partial charge >= 0.3 is 0 Å². The van der Waals surface area contributed by atoms with E-state index < -0.39 is 5.41 Å². The summed E-state index contributed by atoms with van der Waals surface area (Å²) in [4.78, 5) is 23.1. The molecule has 118 valence electrons. The highest BCUT2D eigenvalue weighted by Crippen LogP contribution is 2.39. The number of amides is 1. The Hall–Kier alpha value is -1.86. The lowest BCUT2D eigenvalue weighted by Gasteiger charge is -2.34.